The second-order valence-electron chi connectivity index (χ2n) is 18.6. The Hall–Kier alpha value is -7.44. The highest BCUT2D eigenvalue weighted by Crippen LogP contribution is 2.66. The number of carbonyl (C=O) groups excluding carboxylic acids is 4. The van der Waals surface area contributed by atoms with Gasteiger partial charge in [-0.3, -0.25) is 19.3 Å². The number of cyclic esters (lactones) is 1. The third-order valence-corrected chi connectivity index (χ3v) is 14.6. The maximum absolute atomic E-state index is 16.7. The first kappa shape index (κ1) is 48.2. The fraction of sp³-hybridized carbons (Fsp3) is 0.345. The summed E-state index contributed by atoms with van der Waals surface area (Å²) in [5, 5.41) is 9.89. The Morgan fingerprint density at radius 2 is 1.50 bits per heavy atom. The van der Waals surface area contributed by atoms with Crippen molar-refractivity contribution in [1.29, 1.82) is 0 Å². The van der Waals surface area contributed by atoms with Crippen molar-refractivity contribution >= 4 is 29.6 Å². The number of morpholine rings is 1. The minimum Gasteiger partial charge on any atom is -0.493 e. The molecule has 1 spiro atoms. The highest BCUT2D eigenvalue weighted by Gasteiger charge is 2.76. The molecule has 3 amide bonds. The van der Waals surface area contributed by atoms with E-state index in [1.165, 1.54) is 7.11 Å². The number of allylic oxidation sites excluding steroid dienone is 2. The van der Waals surface area contributed by atoms with Crippen molar-refractivity contribution < 1.29 is 52.7 Å². The number of fused-ring (bicyclic) bond motifs is 4. The maximum atomic E-state index is 16.7. The van der Waals surface area contributed by atoms with Crippen LogP contribution in [-0.4, -0.2) is 99.1 Å². The average Bonchev–Trinajstić information content (AvgIpc) is 3.88. The average molecular weight is 972 g/mol. The van der Waals surface area contributed by atoms with E-state index in [2.05, 4.69) is 17.9 Å². The molecule has 4 aliphatic heterocycles. The number of aliphatic hydroxyl groups excluding tert-OH is 1. The zero-order valence-corrected chi connectivity index (χ0v) is 40.6. The Labute approximate surface area is 419 Å². The summed E-state index contributed by atoms with van der Waals surface area (Å²) in [6.45, 7) is -0.00672. The number of benzene rings is 5. The van der Waals surface area contributed by atoms with Gasteiger partial charge >= 0.3 is 12.1 Å². The lowest BCUT2D eigenvalue weighted by Gasteiger charge is -2.46. The number of rotatable bonds is 12. The Bertz CT molecular complexity index is 2970. The standard InChI is InChI=1S/C58H57N3O11/c1-67-30-31-71-57(66)60-46-25-24-38(23-22-37-14-7-4-8-15-37)32-45(46)58(56(60)65)49(54(63)59-27-26-41-34-47(68-2)48(69-3)35-43(41)36-59)51-55(64)72-52(40-18-11-6-12-19-40)50(39-16-9-5-10-17-39)61(51)53(58)42-20-13-21-44(33-42)70-29-28-62/h5-6,9-14,16-21,24-25,32-35,49-53,62H,4,7-8,15,26-31,36H2,1-3H3/t49-,50-,51-,52+,53+,58-/m1/s1. The van der Waals surface area contributed by atoms with Crippen molar-refractivity contribution in [3.63, 3.8) is 0 Å². The van der Waals surface area contributed by atoms with Gasteiger partial charge in [-0.1, -0.05) is 90.7 Å². The number of hydrogen-bond acceptors (Lipinski definition) is 12. The maximum Gasteiger partial charge on any atom is 0.421 e. The van der Waals surface area contributed by atoms with E-state index >= 15 is 14.4 Å². The van der Waals surface area contributed by atoms with Gasteiger partial charge in [0.2, 0.25) is 11.8 Å². The van der Waals surface area contributed by atoms with Crippen LogP contribution in [0.3, 0.4) is 0 Å². The van der Waals surface area contributed by atoms with Crippen LogP contribution in [0.15, 0.2) is 127 Å². The van der Waals surface area contributed by atoms with Crippen LogP contribution in [0.25, 0.3) is 0 Å². The number of aliphatic hydroxyl groups is 1. The lowest BCUT2D eigenvalue weighted by Crippen LogP contribution is -2.57. The molecule has 0 saturated carbocycles. The van der Waals surface area contributed by atoms with E-state index in [4.69, 9.17) is 28.4 Å². The van der Waals surface area contributed by atoms with Gasteiger partial charge in [0, 0.05) is 25.8 Å². The molecular formula is C58H57N3O11. The van der Waals surface area contributed by atoms with E-state index < -0.39 is 59.4 Å². The Morgan fingerprint density at radius 3 is 2.21 bits per heavy atom. The number of nitrogens with zero attached hydrogens (tertiary/aromatic N) is 3. The highest BCUT2D eigenvalue weighted by atomic mass is 16.6. The first-order valence-corrected chi connectivity index (χ1v) is 24.5. The van der Waals surface area contributed by atoms with Crippen LogP contribution >= 0.6 is 0 Å². The van der Waals surface area contributed by atoms with E-state index in [0.29, 0.717) is 45.9 Å². The van der Waals surface area contributed by atoms with Crippen molar-refractivity contribution in [2.75, 3.05) is 59.2 Å². The first-order valence-electron chi connectivity index (χ1n) is 24.5. The minimum absolute atomic E-state index is 0.0177. The summed E-state index contributed by atoms with van der Waals surface area (Å²) in [4.78, 5) is 68.4. The molecule has 4 heterocycles. The molecule has 0 bridgehead atoms. The zero-order valence-electron chi connectivity index (χ0n) is 40.6. The molecule has 72 heavy (non-hydrogen) atoms. The quantitative estimate of drug-likeness (QED) is 0.0734. The second-order valence-corrected chi connectivity index (χ2v) is 18.6. The molecule has 1 aliphatic carbocycles. The third-order valence-electron chi connectivity index (χ3n) is 14.6. The summed E-state index contributed by atoms with van der Waals surface area (Å²) in [7, 11) is 4.61. The fourth-order valence-electron chi connectivity index (χ4n) is 11.5. The molecule has 14 heteroatoms. The van der Waals surface area contributed by atoms with Crippen LogP contribution in [0.4, 0.5) is 10.5 Å². The molecule has 2 fully saturated rings. The molecule has 0 radical (unpaired) electrons. The minimum atomic E-state index is -2.04. The smallest absolute Gasteiger partial charge is 0.421 e. The van der Waals surface area contributed by atoms with Crippen molar-refractivity contribution in [2.45, 2.75) is 68.3 Å². The van der Waals surface area contributed by atoms with Crippen molar-refractivity contribution in [2.24, 2.45) is 5.92 Å². The number of esters is 1. The molecular weight excluding hydrogens is 915 g/mol. The molecule has 1 N–H and O–H groups in total. The first-order chi connectivity index (χ1) is 35.2. The summed E-state index contributed by atoms with van der Waals surface area (Å²) in [6, 6.07) is 31.9. The molecule has 5 aromatic carbocycles. The second kappa shape index (κ2) is 20.7. The summed E-state index contributed by atoms with van der Waals surface area (Å²) in [5.41, 5.74) is 3.82. The molecule has 10 rings (SSSR count). The molecule has 14 nitrogen and oxygen atoms in total. The van der Waals surface area contributed by atoms with E-state index in [9.17, 15) is 9.90 Å². The monoisotopic (exact) mass is 971 g/mol. The molecule has 0 aromatic heterocycles. The van der Waals surface area contributed by atoms with Crippen molar-refractivity contribution in [3.05, 3.63) is 166 Å². The van der Waals surface area contributed by atoms with Crippen LogP contribution in [0.2, 0.25) is 0 Å². The largest absolute Gasteiger partial charge is 0.493 e. The van der Waals surface area contributed by atoms with Gasteiger partial charge in [0.05, 0.1) is 51.1 Å². The predicted octanol–water partition coefficient (Wildman–Crippen LogP) is 7.96. The van der Waals surface area contributed by atoms with Crippen LogP contribution in [-0.2, 0) is 47.0 Å². The van der Waals surface area contributed by atoms with Crippen LogP contribution in [0.1, 0.15) is 82.8 Å². The summed E-state index contributed by atoms with van der Waals surface area (Å²) in [6.07, 6.45) is 4.59. The Morgan fingerprint density at radius 1 is 0.764 bits per heavy atom. The van der Waals surface area contributed by atoms with E-state index in [0.717, 1.165) is 52.8 Å². The van der Waals surface area contributed by atoms with E-state index in [1.54, 1.807) is 49.5 Å². The lowest BCUT2D eigenvalue weighted by molar-refractivity contribution is -0.179. The predicted molar refractivity (Wildman–Crippen MR) is 266 cm³/mol. The third kappa shape index (κ3) is 8.55. The molecule has 370 valence electrons. The van der Waals surface area contributed by atoms with Crippen LogP contribution < -0.4 is 19.1 Å². The summed E-state index contributed by atoms with van der Waals surface area (Å²) < 4.78 is 35.2. The van der Waals surface area contributed by atoms with Gasteiger partial charge < -0.3 is 38.4 Å². The van der Waals surface area contributed by atoms with Gasteiger partial charge in [-0.05, 0) is 114 Å². The molecule has 2 saturated heterocycles. The van der Waals surface area contributed by atoms with Crippen molar-refractivity contribution in [1.82, 2.24) is 9.80 Å². The van der Waals surface area contributed by atoms with Gasteiger partial charge in [0.1, 0.15) is 36.5 Å². The Kier molecular flexibility index (Phi) is 13.9. The number of ether oxygens (including phenoxy) is 6. The van der Waals surface area contributed by atoms with E-state index in [1.807, 2.05) is 89.8 Å². The SMILES string of the molecule is COCCOC(=O)N1C(=O)[C@@]2(c3cc(C#CC4=CCCCC4)ccc31)[C@H](c1cccc(OCCO)c1)N1[C@H](c3ccccc3)[C@H](c3ccccc3)OC(=O)[C@H]1[C@@H]2C(=O)N1CCc2cc(OC)c(OC)cc2C1. The number of anilines is 1. The molecule has 6 atom stereocenters. The number of hydrogen-bond donors (Lipinski definition) is 1. The number of amides is 3. The summed E-state index contributed by atoms with van der Waals surface area (Å²) in [5.74, 6) is 4.72. The molecule has 5 aliphatic rings. The number of imide groups is 1. The molecule has 0 unspecified atom stereocenters. The van der Waals surface area contributed by atoms with Gasteiger partial charge in [-0.25, -0.2) is 9.69 Å². The number of carbonyl (C=O) groups is 4. The highest BCUT2D eigenvalue weighted by molar-refractivity contribution is 6.23. The number of methoxy groups -OCH3 is 3. The van der Waals surface area contributed by atoms with Gasteiger partial charge in [-0.2, -0.15) is 0 Å². The zero-order chi connectivity index (χ0) is 49.9. The summed E-state index contributed by atoms with van der Waals surface area (Å²) >= 11 is 0. The van der Waals surface area contributed by atoms with Crippen LogP contribution in [0, 0.1) is 17.8 Å². The normalized spacial score (nSPS) is 23.2. The Balaban J connectivity index is 1.27. The van der Waals surface area contributed by atoms with Gasteiger partial charge in [0.15, 0.2) is 11.5 Å². The topological polar surface area (TPSA) is 154 Å². The van der Waals surface area contributed by atoms with Crippen molar-refractivity contribution in [3.8, 4) is 29.1 Å². The van der Waals surface area contributed by atoms with Gasteiger partial charge in [-0.15, -0.1) is 0 Å². The van der Waals surface area contributed by atoms with E-state index in [-0.39, 0.29) is 45.2 Å². The van der Waals surface area contributed by atoms with Gasteiger partial charge in [0.25, 0.3) is 0 Å². The van der Waals surface area contributed by atoms with Crippen LogP contribution in [0.5, 0.6) is 17.2 Å². The lowest BCUT2D eigenvalue weighted by atomic mass is 9.64. The molecule has 5 aromatic rings. The fourth-order valence-corrected chi connectivity index (χ4v) is 11.5.